The van der Waals surface area contributed by atoms with Crippen LogP contribution < -0.4 is 5.32 Å². The van der Waals surface area contributed by atoms with Gasteiger partial charge in [0.2, 0.25) is 0 Å². The van der Waals surface area contributed by atoms with Gasteiger partial charge >= 0.3 is 0 Å². The van der Waals surface area contributed by atoms with Crippen LogP contribution in [0.1, 0.15) is 32.1 Å². The molecule has 3 saturated heterocycles. The summed E-state index contributed by atoms with van der Waals surface area (Å²) in [6.45, 7) is 4.34. The van der Waals surface area contributed by atoms with Crippen LogP contribution in [0.5, 0.6) is 0 Å². The molecule has 0 saturated carbocycles. The summed E-state index contributed by atoms with van der Waals surface area (Å²) < 4.78 is 16.7. The highest BCUT2D eigenvalue weighted by Gasteiger charge is 2.41. The SMILES string of the molecule is OC1(CNC2CCOC3(CCOC3)C2)CCOCC1. The topological polar surface area (TPSA) is 60.0 Å². The van der Waals surface area contributed by atoms with Gasteiger partial charge in [0.1, 0.15) is 0 Å². The number of nitrogens with one attached hydrogen (secondary N) is 1. The zero-order chi connectivity index (χ0) is 13.2. The molecule has 5 heteroatoms. The minimum absolute atomic E-state index is 0.0613. The predicted octanol–water partition coefficient (Wildman–Crippen LogP) is 0.456. The highest BCUT2D eigenvalue weighted by atomic mass is 16.6. The van der Waals surface area contributed by atoms with E-state index in [0.29, 0.717) is 25.8 Å². The minimum atomic E-state index is -0.587. The Hall–Kier alpha value is -0.200. The van der Waals surface area contributed by atoms with Crippen molar-refractivity contribution in [1.29, 1.82) is 0 Å². The lowest BCUT2D eigenvalue weighted by atomic mass is 9.88. The van der Waals surface area contributed by atoms with Crippen LogP contribution in [-0.4, -0.2) is 61.9 Å². The first-order chi connectivity index (χ1) is 9.20. The quantitative estimate of drug-likeness (QED) is 0.781. The summed E-state index contributed by atoms with van der Waals surface area (Å²) >= 11 is 0. The normalized spacial score (nSPS) is 38.7. The lowest BCUT2D eigenvalue weighted by Gasteiger charge is -2.39. The van der Waals surface area contributed by atoms with E-state index in [-0.39, 0.29) is 5.60 Å². The van der Waals surface area contributed by atoms with E-state index in [4.69, 9.17) is 14.2 Å². The predicted molar refractivity (Wildman–Crippen MR) is 70.1 cm³/mol. The van der Waals surface area contributed by atoms with Crippen molar-refractivity contribution >= 4 is 0 Å². The molecule has 0 amide bonds. The number of hydrogen-bond donors (Lipinski definition) is 2. The monoisotopic (exact) mass is 271 g/mol. The Morgan fingerprint density at radius 3 is 2.58 bits per heavy atom. The van der Waals surface area contributed by atoms with E-state index in [9.17, 15) is 5.11 Å². The van der Waals surface area contributed by atoms with Crippen molar-refractivity contribution in [2.45, 2.75) is 49.3 Å². The average Bonchev–Trinajstić information content (AvgIpc) is 2.86. The van der Waals surface area contributed by atoms with Gasteiger partial charge in [-0.1, -0.05) is 0 Å². The lowest BCUT2D eigenvalue weighted by molar-refractivity contribution is -0.0964. The van der Waals surface area contributed by atoms with Gasteiger partial charge in [-0.3, -0.25) is 0 Å². The van der Waals surface area contributed by atoms with Crippen LogP contribution in [0.25, 0.3) is 0 Å². The fraction of sp³-hybridized carbons (Fsp3) is 1.00. The van der Waals surface area contributed by atoms with Gasteiger partial charge in [0, 0.05) is 58.3 Å². The number of aliphatic hydroxyl groups is 1. The molecule has 3 rings (SSSR count). The molecule has 3 heterocycles. The first-order valence-electron chi connectivity index (χ1n) is 7.45. The van der Waals surface area contributed by atoms with Crippen LogP contribution >= 0.6 is 0 Å². The minimum Gasteiger partial charge on any atom is -0.388 e. The summed E-state index contributed by atoms with van der Waals surface area (Å²) in [5.74, 6) is 0. The second kappa shape index (κ2) is 5.66. The molecule has 2 unspecified atom stereocenters. The van der Waals surface area contributed by atoms with E-state index < -0.39 is 5.60 Å². The van der Waals surface area contributed by atoms with Gasteiger partial charge in [0.15, 0.2) is 0 Å². The highest BCUT2D eigenvalue weighted by Crippen LogP contribution is 2.33. The van der Waals surface area contributed by atoms with Crippen molar-refractivity contribution < 1.29 is 19.3 Å². The van der Waals surface area contributed by atoms with Gasteiger partial charge < -0.3 is 24.6 Å². The Morgan fingerprint density at radius 1 is 1.05 bits per heavy atom. The van der Waals surface area contributed by atoms with E-state index >= 15 is 0 Å². The molecule has 3 aliphatic rings. The number of rotatable bonds is 3. The van der Waals surface area contributed by atoms with Gasteiger partial charge in [-0.15, -0.1) is 0 Å². The molecule has 0 radical (unpaired) electrons. The summed E-state index contributed by atoms with van der Waals surface area (Å²) in [7, 11) is 0. The number of hydrogen-bond acceptors (Lipinski definition) is 5. The van der Waals surface area contributed by atoms with Crippen LogP contribution in [0.15, 0.2) is 0 Å². The maximum atomic E-state index is 10.5. The summed E-state index contributed by atoms with van der Waals surface area (Å²) in [5.41, 5.74) is -0.649. The average molecular weight is 271 g/mol. The van der Waals surface area contributed by atoms with Gasteiger partial charge in [0.25, 0.3) is 0 Å². The Labute approximate surface area is 114 Å². The second-order valence-corrected chi connectivity index (χ2v) is 6.24. The highest BCUT2D eigenvalue weighted by molar-refractivity contribution is 4.94. The van der Waals surface area contributed by atoms with Crippen LogP contribution in [-0.2, 0) is 14.2 Å². The Kier molecular flexibility index (Phi) is 4.10. The zero-order valence-electron chi connectivity index (χ0n) is 11.5. The molecule has 1 spiro atoms. The van der Waals surface area contributed by atoms with Crippen LogP contribution in [0.2, 0.25) is 0 Å². The molecular formula is C14H25NO4. The van der Waals surface area contributed by atoms with Crippen molar-refractivity contribution in [1.82, 2.24) is 5.32 Å². The van der Waals surface area contributed by atoms with E-state index in [1.807, 2.05) is 0 Å². The molecule has 2 atom stereocenters. The fourth-order valence-electron chi connectivity index (χ4n) is 3.33. The van der Waals surface area contributed by atoms with E-state index in [2.05, 4.69) is 5.32 Å². The third-order valence-electron chi connectivity index (χ3n) is 4.70. The van der Waals surface area contributed by atoms with Crippen molar-refractivity contribution in [2.75, 3.05) is 39.6 Å². The smallest absolute Gasteiger partial charge is 0.0951 e. The summed E-state index contributed by atoms with van der Waals surface area (Å²) in [4.78, 5) is 0. The van der Waals surface area contributed by atoms with Crippen LogP contribution in [0.4, 0.5) is 0 Å². The second-order valence-electron chi connectivity index (χ2n) is 6.24. The molecule has 2 N–H and O–H groups in total. The number of ether oxygens (including phenoxy) is 3. The molecule has 0 aromatic heterocycles. The van der Waals surface area contributed by atoms with E-state index in [1.54, 1.807) is 0 Å². The Morgan fingerprint density at radius 2 is 1.84 bits per heavy atom. The Bertz CT molecular complexity index is 298. The molecular weight excluding hydrogens is 246 g/mol. The van der Waals surface area contributed by atoms with Crippen LogP contribution in [0.3, 0.4) is 0 Å². The first kappa shape index (κ1) is 13.8. The van der Waals surface area contributed by atoms with Crippen molar-refractivity contribution in [3.8, 4) is 0 Å². The van der Waals surface area contributed by atoms with Gasteiger partial charge in [-0.2, -0.15) is 0 Å². The summed E-state index contributed by atoms with van der Waals surface area (Å²) in [5, 5.41) is 14.0. The lowest BCUT2D eigenvalue weighted by Crippen LogP contribution is -2.52. The zero-order valence-corrected chi connectivity index (χ0v) is 11.5. The largest absolute Gasteiger partial charge is 0.388 e. The maximum Gasteiger partial charge on any atom is 0.0951 e. The molecule has 3 fully saturated rings. The van der Waals surface area contributed by atoms with Gasteiger partial charge in [-0.05, 0) is 12.8 Å². The van der Waals surface area contributed by atoms with Crippen molar-refractivity contribution in [3.05, 3.63) is 0 Å². The third kappa shape index (κ3) is 3.28. The third-order valence-corrected chi connectivity index (χ3v) is 4.70. The fourth-order valence-corrected chi connectivity index (χ4v) is 3.33. The molecule has 0 aromatic rings. The van der Waals surface area contributed by atoms with Gasteiger partial charge in [-0.25, -0.2) is 0 Å². The molecule has 0 bridgehead atoms. The standard InChI is InChI=1S/C14H25NO4/c16-13(2-6-17-7-3-13)10-15-12-1-5-19-14(9-12)4-8-18-11-14/h12,15-16H,1-11H2. The summed E-state index contributed by atoms with van der Waals surface area (Å²) in [6.07, 6.45) is 4.49. The molecule has 5 nitrogen and oxygen atoms in total. The maximum absolute atomic E-state index is 10.5. The molecule has 0 aromatic carbocycles. The van der Waals surface area contributed by atoms with E-state index in [0.717, 1.165) is 51.9 Å². The molecule has 19 heavy (non-hydrogen) atoms. The van der Waals surface area contributed by atoms with Crippen molar-refractivity contribution in [3.63, 3.8) is 0 Å². The molecule has 110 valence electrons. The molecule has 3 aliphatic heterocycles. The van der Waals surface area contributed by atoms with Crippen molar-refractivity contribution in [2.24, 2.45) is 0 Å². The summed E-state index contributed by atoms with van der Waals surface area (Å²) in [6, 6.07) is 0.433. The van der Waals surface area contributed by atoms with E-state index in [1.165, 1.54) is 0 Å². The van der Waals surface area contributed by atoms with Gasteiger partial charge in [0.05, 0.1) is 17.8 Å². The molecule has 0 aliphatic carbocycles. The Balaban J connectivity index is 1.49. The van der Waals surface area contributed by atoms with Crippen LogP contribution in [0, 0.1) is 0 Å². The first-order valence-corrected chi connectivity index (χ1v) is 7.45.